The van der Waals surface area contributed by atoms with E-state index in [4.69, 9.17) is 4.74 Å². The van der Waals surface area contributed by atoms with Gasteiger partial charge in [-0.3, -0.25) is 4.90 Å². The molecule has 0 radical (unpaired) electrons. The zero-order chi connectivity index (χ0) is 9.53. The lowest BCUT2D eigenvalue weighted by Gasteiger charge is -2.29. The smallest absolute Gasteiger partial charge is 0.262 e. The highest BCUT2D eigenvalue weighted by atomic mass is 19.3. The molecule has 0 saturated carbocycles. The first-order chi connectivity index (χ1) is 6.08. The van der Waals surface area contributed by atoms with Crippen molar-refractivity contribution in [3.05, 3.63) is 0 Å². The highest BCUT2D eigenvalue weighted by Gasteiger charge is 2.56. The van der Waals surface area contributed by atoms with Gasteiger partial charge >= 0.3 is 0 Å². The fourth-order valence-corrected chi connectivity index (χ4v) is 2.74. The van der Waals surface area contributed by atoms with Gasteiger partial charge in [0.2, 0.25) is 0 Å². The second kappa shape index (κ2) is 2.89. The summed E-state index contributed by atoms with van der Waals surface area (Å²) in [6, 6.07) is 0. The molecule has 2 saturated heterocycles. The molecule has 0 N–H and O–H groups in total. The number of alkyl halides is 2. The van der Waals surface area contributed by atoms with Crippen LogP contribution in [0.2, 0.25) is 0 Å². The lowest BCUT2D eigenvalue weighted by molar-refractivity contribution is 0.00618. The number of rotatable bonds is 2. The van der Waals surface area contributed by atoms with Gasteiger partial charge in [0.1, 0.15) is 0 Å². The number of nitrogens with zero attached hydrogens (tertiary/aromatic N) is 1. The van der Waals surface area contributed by atoms with Crippen molar-refractivity contribution in [1.29, 1.82) is 0 Å². The molecule has 2 rings (SSSR count). The molecule has 0 unspecified atom stereocenters. The fourth-order valence-electron chi connectivity index (χ4n) is 2.74. The first-order valence-electron chi connectivity index (χ1n) is 4.70. The molecule has 4 heteroatoms. The van der Waals surface area contributed by atoms with E-state index in [2.05, 4.69) is 0 Å². The zero-order valence-corrected chi connectivity index (χ0v) is 7.85. The van der Waals surface area contributed by atoms with E-state index in [0.29, 0.717) is 6.61 Å². The fraction of sp³-hybridized carbons (Fsp3) is 1.00. The Morgan fingerprint density at radius 1 is 1.46 bits per heavy atom. The van der Waals surface area contributed by atoms with E-state index in [1.807, 2.05) is 4.90 Å². The molecule has 0 aromatic heterocycles. The lowest BCUT2D eigenvalue weighted by Crippen LogP contribution is -2.42. The van der Waals surface area contributed by atoms with Gasteiger partial charge in [0.25, 0.3) is 5.92 Å². The van der Waals surface area contributed by atoms with Crippen molar-refractivity contribution in [3.8, 4) is 0 Å². The van der Waals surface area contributed by atoms with E-state index in [9.17, 15) is 8.78 Å². The van der Waals surface area contributed by atoms with Crippen molar-refractivity contribution < 1.29 is 13.5 Å². The summed E-state index contributed by atoms with van der Waals surface area (Å²) in [5.74, 6) is -2.50. The zero-order valence-electron chi connectivity index (χ0n) is 7.85. The first-order valence-corrected chi connectivity index (χ1v) is 4.70. The minimum absolute atomic E-state index is 0.0200. The molecule has 2 heterocycles. The van der Waals surface area contributed by atoms with Crippen molar-refractivity contribution >= 4 is 0 Å². The molecule has 2 nitrogen and oxygen atoms in total. The molecule has 0 aromatic carbocycles. The number of halogens is 2. The average molecular weight is 191 g/mol. The molecule has 0 amide bonds. The summed E-state index contributed by atoms with van der Waals surface area (Å²) in [5, 5.41) is 0. The summed E-state index contributed by atoms with van der Waals surface area (Å²) < 4.78 is 31.3. The van der Waals surface area contributed by atoms with Crippen LogP contribution in [0, 0.1) is 0 Å². The van der Waals surface area contributed by atoms with Crippen LogP contribution in [0.5, 0.6) is 0 Å². The van der Waals surface area contributed by atoms with E-state index >= 15 is 0 Å². The Morgan fingerprint density at radius 3 is 2.92 bits per heavy atom. The minimum atomic E-state index is -2.50. The van der Waals surface area contributed by atoms with Gasteiger partial charge in [0, 0.05) is 13.5 Å². The average Bonchev–Trinajstić information content (AvgIpc) is 2.40. The Labute approximate surface area is 76.9 Å². The normalized spacial score (nSPS) is 38.1. The van der Waals surface area contributed by atoms with Crippen LogP contribution < -0.4 is 0 Å². The molecule has 0 bridgehead atoms. The number of fused-ring (bicyclic) bond motifs is 1. The van der Waals surface area contributed by atoms with Crippen LogP contribution in [0.3, 0.4) is 0 Å². The van der Waals surface area contributed by atoms with Gasteiger partial charge in [0.15, 0.2) is 0 Å². The van der Waals surface area contributed by atoms with E-state index in [0.717, 1.165) is 19.4 Å². The standard InChI is InChI=1S/C9H15F2NO/c1-13-7-8-3-2-4-12(8)6-9(10,11)5-8/h2-7H2,1H3/t8-/m0/s1. The summed E-state index contributed by atoms with van der Waals surface area (Å²) in [6.07, 6.45) is 1.86. The van der Waals surface area contributed by atoms with Crippen molar-refractivity contribution in [3.63, 3.8) is 0 Å². The van der Waals surface area contributed by atoms with Gasteiger partial charge in [-0.2, -0.15) is 0 Å². The van der Waals surface area contributed by atoms with Crippen LogP contribution >= 0.6 is 0 Å². The molecule has 76 valence electrons. The predicted molar refractivity (Wildman–Crippen MR) is 45.0 cm³/mol. The number of hydrogen-bond donors (Lipinski definition) is 0. The second-order valence-corrected chi connectivity index (χ2v) is 4.22. The van der Waals surface area contributed by atoms with Gasteiger partial charge in [-0.1, -0.05) is 0 Å². The number of methoxy groups -OCH3 is 1. The number of ether oxygens (including phenoxy) is 1. The Kier molecular flexibility index (Phi) is 2.07. The summed E-state index contributed by atoms with van der Waals surface area (Å²) in [4.78, 5) is 1.90. The van der Waals surface area contributed by atoms with Crippen LogP contribution in [-0.2, 0) is 4.74 Å². The van der Waals surface area contributed by atoms with Crippen molar-refractivity contribution in [2.75, 3.05) is 26.8 Å². The van der Waals surface area contributed by atoms with Gasteiger partial charge < -0.3 is 4.74 Å². The summed E-state index contributed by atoms with van der Waals surface area (Å²) in [5.41, 5.74) is -0.349. The van der Waals surface area contributed by atoms with Gasteiger partial charge in [-0.15, -0.1) is 0 Å². The monoisotopic (exact) mass is 191 g/mol. The molecular formula is C9H15F2NO. The van der Waals surface area contributed by atoms with Crippen molar-refractivity contribution in [2.24, 2.45) is 0 Å². The largest absolute Gasteiger partial charge is 0.383 e. The number of hydrogen-bond acceptors (Lipinski definition) is 2. The third-order valence-corrected chi connectivity index (χ3v) is 3.16. The molecule has 0 aliphatic carbocycles. The molecule has 1 atom stereocenters. The first kappa shape index (κ1) is 9.34. The molecule has 2 fully saturated rings. The molecule has 2 aliphatic rings. The van der Waals surface area contributed by atoms with Crippen LogP contribution in [0.15, 0.2) is 0 Å². The lowest BCUT2D eigenvalue weighted by atomic mass is 9.94. The quantitative estimate of drug-likeness (QED) is 0.656. The molecule has 2 aliphatic heterocycles. The highest BCUT2D eigenvalue weighted by Crippen LogP contribution is 2.45. The molecule has 13 heavy (non-hydrogen) atoms. The van der Waals surface area contributed by atoms with Crippen LogP contribution in [-0.4, -0.2) is 43.2 Å². The summed E-state index contributed by atoms with van der Waals surface area (Å²) >= 11 is 0. The molecule has 0 aromatic rings. The van der Waals surface area contributed by atoms with E-state index in [1.54, 1.807) is 7.11 Å². The maximum atomic E-state index is 13.1. The second-order valence-electron chi connectivity index (χ2n) is 4.22. The Balaban J connectivity index is 2.15. The van der Waals surface area contributed by atoms with Gasteiger partial charge in [-0.25, -0.2) is 8.78 Å². The summed E-state index contributed by atoms with van der Waals surface area (Å²) in [7, 11) is 1.59. The third kappa shape index (κ3) is 1.46. The van der Waals surface area contributed by atoms with Crippen LogP contribution in [0.4, 0.5) is 8.78 Å². The Hall–Kier alpha value is -0.220. The predicted octanol–water partition coefficient (Wildman–Crippen LogP) is 1.51. The van der Waals surface area contributed by atoms with Crippen molar-refractivity contribution in [1.82, 2.24) is 4.90 Å². The van der Waals surface area contributed by atoms with E-state index < -0.39 is 5.92 Å². The molecular weight excluding hydrogens is 176 g/mol. The minimum Gasteiger partial charge on any atom is -0.383 e. The van der Waals surface area contributed by atoms with Gasteiger partial charge in [-0.05, 0) is 19.4 Å². The Bertz CT molecular complexity index is 210. The van der Waals surface area contributed by atoms with Gasteiger partial charge in [0.05, 0.1) is 18.7 Å². The third-order valence-electron chi connectivity index (χ3n) is 3.16. The Morgan fingerprint density at radius 2 is 2.23 bits per heavy atom. The van der Waals surface area contributed by atoms with Crippen LogP contribution in [0.1, 0.15) is 19.3 Å². The van der Waals surface area contributed by atoms with Crippen molar-refractivity contribution in [2.45, 2.75) is 30.7 Å². The van der Waals surface area contributed by atoms with Crippen LogP contribution in [0.25, 0.3) is 0 Å². The SMILES string of the molecule is COC[C@@]12CCCN1CC(F)(F)C2. The highest BCUT2D eigenvalue weighted by molar-refractivity contribution is 5.06. The maximum absolute atomic E-state index is 13.1. The summed E-state index contributed by atoms with van der Waals surface area (Å²) in [6.45, 7) is 1.18. The van der Waals surface area contributed by atoms with E-state index in [-0.39, 0.29) is 18.5 Å². The molecule has 0 spiro atoms. The maximum Gasteiger partial charge on any atom is 0.262 e. The van der Waals surface area contributed by atoms with E-state index in [1.165, 1.54) is 0 Å². The topological polar surface area (TPSA) is 12.5 Å².